The number of aromatic nitrogens is 3. The number of benzene rings is 1. The molecule has 0 fully saturated rings. The highest BCUT2D eigenvalue weighted by atomic mass is 32.1. The first-order valence-electron chi connectivity index (χ1n) is 6.57. The van der Waals surface area contributed by atoms with Crippen LogP contribution in [-0.4, -0.2) is 25.4 Å². The van der Waals surface area contributed by atoms with Crippen LogP contribution in [0.2, 0.25) is 0 Å². The van der Waals surface area contributed by atoms with E-state index in [1.165, 1.54) is 35.6 Å². The number of amides is 1. The predicted molar refractivity (Wildman–Crippen MR) is 86.4 cm³/mol. The van der Waals surface area contributed by atoms with Crippen LogP contribution in [0.5, 0.6) is 0 Å². The summed E-state index contributed by atoms with van der Waals surface area (Å²) in [6.07, 6.45) is 2.77. The highest BCUT2D eigenvalue weighted by Crippen LogP contribution is 2.16. The second-order valence-corrected chi connectivity index (χ2v) is 5.52. The van der Waals surface area contributed by atoms with Gasteiger partial charge in [-0.25, -0.2) is 4.52 Å². The third kappa shape index (κ3) is 3.24. The van der Waals surface area contributed by atoms with Gasteiger partial charge in [0.2, 0.25) is 4.96 Å². The number of non-ortho nitro benzene ring substituents is 1. The Morgan fingerprint density at radius 2 is 2.30 bits per heavy atom. The van der Waals surface area contributed by atoms with E-state index < -0.39 is 10.8 Å². The third-order valence-electron chi connectivity index (χ3n) is 2.99. The molecule has 3 rings (SSSR count). The molecule has 0 unspecified atom stereocenters. The average Bonchev–Trinajstić information content (AvgIpc) is 3.07. The summed E-state index contributed by atoms with van der Waals surface area (Å²) in [6, 6.07) is 6.01. The molecule has 0 aliphatic heterocycles. The van der Waals surface area contributed by atoms with Crippen LogP contribution in [-0.2, 0) is 4.79 Å². The summed E-state index contributed by atoms with van der Waals surface area (Å²) < 4.78 is 1.64. The van der Waals surface area contributed by atoms with Crippen LogP contribution in [0.25, 0.3) is 11.0 Å². The van der Waals surface area contributed by atoms with E-state index in [0.29, 0.717) is 10.5 Å². The molecule has 0 saturated heterocycles. The van der Waals surface area contributed by atoms with Crippen molar-refractivity contribution in [1.29, 1.82) is 0 Å². The molecule has 0 radical (unpaired) electrons. The van der Waals surface area contributed by atoms with Crippen molar-refractivity contribution in [3.8, 4) is 0 Å². The van der Waals surface area contributed by atoms with Gasteiger partial charge >= 0.3 is 0 Å². The third-order valence-corrected chi connectivity index (χ3v) is 3.92. The first-order chi connectivity index (χ1) is 11.0. The van der Waals surface area contributed by atoms with E-state index in [-0.39, 0.29) is 11.6 Å². The molecule has 2 aromatic heterocycles. The maximum atomic E-state index is 11.9. The van der Waals surface area contributed by atoms with Crippen LogP contribution in [0.4, 0.5) is 11.6 Å². The molecular formula is C14H11N5O3S. The van der Waals surface area contributed by atoms with Crippen LogP contribution in [0, 0.1) is 17.0 Å². The summed E-state index contributed by atoms with van der Waals surface area (Å²) in [5.74, 6) is -0.193. The van der Waals surface area contributed by atoms with Crippen LogP contribution in [0.15, 0.2) is 35.7 Å². The number of thiazole rings is 1. The Morgan fingerprint density at radius 1 is 1.48 bits per heavy atom. The first-order valence-corrected chi connectivity index (χ1v) is 7.45. The van der Waals surface area contributed by atoms with Crippen LogP contribution in [0.3, 0.4) is 0 Å². The van der Waals surface area contributed by atoms with Crippen LogP contribution >= 0.6 is 11.3 Å². The number of carbonyl (C=O) groups is 1. The van der Waals surface area contributed by atoms with Gasteiger partial charge in [0.05, 0.1) is 10.6 Å². The van der Waals surface area contributed by atoms with Gasteiger partial charge in [0.25, 0.3) is 17.5 Å². The number of hydrogen-bond donors (Lipinski definition) is 1. The van der Waals surface area contributed by atoms with Gasteiger partial charge in [-0.05, 0) is 18.6 Å². The zero-order chi connectivity index (χ0) is 16.4. The summed E-state index contributed by atoms with van der Waals surface area (Å²) in [5.41, 5.74) is 1.47. The van der Waals surface area contributed by atoms with Gasteiger partial charge in [0.1, 0.15) is 0 Å². The Labute approximate surface area is 134 Å². The molecule has 3 aromatic rings. The molecule has 0 saturated carbocycles. The maximum absolute atomic E-state index is 11.9. The van der Waals surface area contributed by atoms with E-state index in [4.69, 9.17) is 0 Å². The number of carbonyl (C=O) groups excluding carboxylic acids is 1. The molecule has 9 heteroatoms. The normalized spacial score (nSPS) is 11.2. The first kappa shape index (κ1) is 14.9. The zero-order valence-corrected chi connectivity index (χ0v) is 12.8. The Bertz CT molecular complexity index is 928. The zero-order valence-electron chi connectivity index (χ0n) is 12.0. The van der Waals surface area contributed by atoms with E-state index >= 15 is 0 Å². The van der Waals surface area contributed by atoms with Gasteiger partial charge in [0.15, 0.2) is 0 Å². The van der Waals surface area contributed by atoms with Gasteiger partial charge in [-0.2, -0.15) is 4.98 Å². The van der Waals surface area contributed by atoms with Crippen molar-refractivity contribution in [2.75, 3.05) is 5.32 Å². The van der Waals surface area contributed by atoms with Gasteiger partial charge in [-0.3, -0.25) is 20.2 Å². The van der Waals surface area contributed by atoms with E-state index in [1.807, 2.05) is 12.3 Å². The molecule has 0 atom stereocenters. The molecular weight excluding hydrogens is 318 g/mol. The van der Waals surface area contributed by atoms with Crippen molar-refractivity contribution >= 4 is 39.9 Å². The number of nitro groups is 1. The lowest BCUT2D eigenvalue weighted by Crippen LogP contribution is -2.09. The summed E-state index contributed by atoms with van der Waals surface area (Å²) in [7, 11) is 0. The van der Waals surface area contributed by atoms with Crippen LogP contribution < -0.4 is 5.32 Å². The number of nitrogens with zero attached hydrogens (tertiary/aromatic N) is 4. The maximum Gasteiger partial charge on any atom is 0.270 e. The Balaban J connectivity index is 1.71. The predicted octanol–water partition coefficient (Wildman–Crippen LogP) is 2.66. The van der Waals surface area contributed by atoms with E-state index in [9.17, 15) is 14.9 Å². The molecule has 0 bridgehead atoms. The van der Waals surface area contributed by atoms with Gasteiger partial charge in [-0.1, -0.05) is 12.1 Å². The second-order valence-electron chi connectivity index (χ2n) is 4.68. The van der Waals surface area contributed by atoms with Gasteiger partial charge in [-0.15, -0.1) is 16.4 Å². The lowest BCUT2D eigenvalue weighted by molar-refractivity contribution is -0.384. The van der Waals surface area contributed by atoms with Crippen LogP contribution in [0.1, 0.15) is 11.3 Å². The SMILES string of the molecule is Cc1csc2nc(NC(=O)/C=C/c3cccc([N+](=O)[O-])c3)nn12. The molecule has 1 amide bonds. The second kappa shape index (κ2) is 5.97. The van der Waals surface area contributed by atoms with Crippen molar-refractivity contribution in [3.63, 3.8) is 0 Å². The fourth-order valence-electron chi connectivity index (χ4n) is 1.91. The fourth-order valence-corrected chi connectivity index (χ4v) is 2.71. The van der Waals surface area contributed by atoms with Crippen molar-refractivity contribution < 1.29 is 9.72 Å². The monoisotopic (exact) mass is 329 g/mol. The molecule has 1 N–H and O–H groups in total. The van der Waals surface area contributed by atoms with Crippen molar-refractivity contribution in [2.45, 2.75) is 6.92 Å². The number of fused-ring (bicyclic) bond motifs is 1. The quantitative estimate of drug-likeness (QED) is 0.450. The lowest BCUT2D eigenvalue weighted by atomic mass is 10.2. The Kier molecular flexibility index (Phi) is 3.85. The minimum Gasteiger partial charge on any atom is -0.290 e. The largest absolute Gasteiger partial charge is 0.290 e. The number of anilines is 1. The molecule has 0 spiro atoms. The molecule has 1 aromatic carbocycles. The Hall–Kier alpha value is -3.07. The molecule has 116 valence electrons. The van der Waals surface area contributed by atoms with Crippen molar-refractivity contribution in [2.24, 2.45) is 0 Å². The van der Waals surface area contributed by atoms with Gasteiger partial charge < -0.3 is 0 Å². The summed E-state index contributed by atoms with van der Waals surface area (Å²) >= 11 is 1.43. The fraction of sp³-hybridized carbons (Fsp3) is 0.0714. The molecule has 2 heterocycles. The topological polar surface area (TPSA) is 102 Å². The lowest BCUT2D eigenvalue weighted by Gasteiger charge is -1.96. The minimum atomic E-state index is -0.485. The molecule has 23 heavy (non-hydrogen) atoms. The van der Waals surface area contributed by atoms with Crippen molar-refractivity contribution in [3.05, 3.63) is 57.1 Å². The standard InChI is InChI=1S/C14H11N5O3S/c1-9-8-23-14-16-13(17-18(9)14)15-12(20)6-5-10-3-2-4-11(7-10)19(21)22/h2-8H,1H3,(H,15,17,20)/b6-5+. The highest BCUT2D eigenvalue weighted by molar-refractivity contribution is 7.15. The number of rotatable bonds is 4. The van der Waals surface area contributed by atoms with Crippen molar-refractivity contribution in [1.82, 2.24) is 14.6 Å². The number of nitrogens with one attached hydrogen (secondary N) is 1. The van der Waals surface area contributed by atoms with Gasteiger partial charge in [0, 0.05) is 23.6 Å². The molecule has 0 aliphatic rings. The molecule has 0 aliphatic carbocycles. The summed E-state index contributed by atoms with van der Waals surface area (Å²) in [6.45, 7) is 1.89. The smallest absolute Gasteiger partial charge is 0.270 e. The number of aryl methyl sites for hydroxylation is 1. The Morgan fingerprint density at radius 3 is 3.04 bits per heavy atom. The van der Waals surface area contributed by atoms with E-state index in [1.54, 1.807) is 16.6 Å². The average molecular weight is 329 g/mol. The van der Waals surface area contributed by atoms with E-state index in [0.717, 1.165) is 5.69 Å². The number of hydrogen-bond acceptors (Lipinski definition) is 6. The number of nitro benzene ring substituents is 1. The molecule has 8 nitrogen and oxygen atoms in total. The van der Waals surface area contributed by atoms with E-state index in [2.05, 4.69) is 15.4 Å². The highest BCUT2D eigenvalue weighted by Gasteiger charge is 2.09. The summed E-state index contributed by atoms with van der Waals surface area (Å²) in [4.78, 5) is 27.0. The minimum absolute atomic E-state index is 0.0287. The summed E-state index contributed by atoms with van der Waals surface area (Å²) in [5, 5.41) is 19.3.